The molecule has 1 heterocycles. The van der Waals surface area contributed by atoms with Crippen molar-refractivity contribution in [1.82, 2.24) is 4.90 Å². The maximum Gasteiger partial charge on any atom is 0.0567 e. The number of rotatable bonds is 2. The van der Waals surface area contributed by atoms with Crippen LogP contribution in [0.1, 0.15) is 39.2 Å². The fraction of sp³-hybridized carbons (Fsp3) is 0.625. The molecule has 0 radical (unpaired) electrons. The number of benzene rings is 1. The number of piperidine rings is 1. The molecule has 0 aliphatic carbocycles. The Kier molecular flexibility index (Phi) is 4.08. The molecule has 0 amide bonds. The van der Waals surface area contributed by atoms with Crippen molar-refractivity contribution in [2.45, 2.75) is 57.7 Å². The first-order valence-electron chi connectivity index (χ1n) is 6.95. The third-order valence-electron chi connectivity index (χ3n) is 3.86. The van der Waals surface area contributed by atoms with Crippen molar-refractivity contribution < 1.29 is 5.11 Å². The highest BCUT2D eigenvalue weighted by molar-refractivity contribution is 5.16. The van der Waals surface area contributed by atoms with E-state index in [-0.39, 0.29) is 11.6 Å². The second-order valence-corrected chi connectivity index (χ2v) is 6.39. The van der Waals surface area contributed by atoms with E-state index in [2.05, 4.69) is 56.0 Å². The third kappa shape index (κ3) is 3.33. The average molecular weight is 247 g/mol. The normalized spacial score (nSPS) is 26.2. The zero-order valence-corrected chi connectivity index (χ0v) is 11.8. The van der Waals surface area contributed by atoms with Gasteiger partial charge in [0.15, 0.2) is 0 Å². The Balaban J connectivity index is 2.11. The molecular formula is C16H25NO. The highest BCUT2D eigenvalue weighted by atomic mass is 16.3. The van der Waals surface area contributed by atoms with Gasteiger partial charge in [-0.3, -0.25) is 4.90 Å². The summed E-state index contributed by atoms with van der Waals surface area (Å²) in [5.74, 6) is 0. The van der Waals surface area contributed by atoms with Crippen LogP contribution in [0.25, 0.3) is 0 Å². The molecule has 1 N–H and O–H groups in total. The Hall–Kier alpha value is -0.860. The van der Waals surface area contributed by atoms with Crippen molar-refractivity contribution >= 4 is 0 Å². The van der Waals surface area contributed by atoms with Crippen LogP contribution in [0.4, 0.5) is 0 Å². The van der Waals surface area contributed by atoms with Crippen LogP contribution in [0, 0.1) is 0 Å². The average Bonchev–Trinajstić information content (AvgIpc) is 2.28. The van der Waals surface area contributed by atoms with Crippen LogP contribution in [-0.2, 0) is 6.42 Å². The second-order valence-electron chi connectivity index (χ2n) is 6.39. The summed E-state index contributed by atoms with van der Waals surface area (Å²) in [5, 5.41) is 9.91. The maximum absolute atomic E-state index is 9.91. The SMILES string of the molecule is CC(C)(C)N1CCC(O)CC1Cc1ccccc1. The molecule has 0 spiro atoms. The summed E-state index contributed by atoms with van der Waals surface area (Å²) in [6.07, 6.45) is 2.71. The molecule has 1 aliphatic rings. The molecule has 0 bridgehead atoms. The molecule has 1 aromatic carbocycles. The number of likely N-dealkylation sites (tertiary alicyclic amines) is 1. The van der Waals surface area contributed by atoms with E-state index in [0.29, 0.717) is 6.04 Å². The molecule has 2 heteroatoms. The molecule has 2 atom stereocenters. The molecule has 1 fully saturated rings. The highest BCUT2D eigenvalue weighted by Crippen LogP contribution is 2.27. The summed E-state index contributed by atoms with van der Waals surface area (Å²) >= 11 is 0. The van der Waals surface area contributed by atoms with Gasteiger partial charge in [0, 0.05) is 18.1 Å². The number of hydrogen-bond acceptors (Lipinski definition) is 2. The van der Waals surface area contributed by atoms with E-state index in [0.717, 1.165) is 25.8 Å². The predicted molar refractivity (Wildman–Crippen MR) is 75.6 cm³/mol. The van der Waals surface area contributed by atoms with E-state index in [1.54, 1.807) is 0 Å². The largest absolute Gasteiger partial charge is 0.393 e. The van der Waals surface area contributed by atoms with E-state index >= 15 is 0 Å². The van der Waals surface area contributed by atoms with E-state index in [4.69, 9.17) is 0 Å². The van der Waals surface area contributed by atoms with Crippen molar-refractivity contribution in [2.75, 3.05) is 6.54 Å². The fourth-order valence-electron chi connectivity index (χ4n) is 2.99. The van der Waals surface area contributed by atoms with Crippen LogP contribution in [0.5, 0.6) is 0 Å². The number of nitrogens with zero attached hydrogens (tertiary/aromatic N) is 1. The van der Waals surface area contributed by atoms with Crippen molar-refractivity contribution in [3.05, 3.63) is 35.9 Å². The lowest BCUT2D eigenvalue weighted by atomic mass is 9.89. The topological polar surface area (TPSA) is 23.5 Å². The van der Waals surface area contributed by atoms with Gasteiger partial charge < -0.3 is 5.11 Å². The minimum atomic E-state index is -0.127. The van der Waals surface area contributed by atoms with Gasteiger partial charge >= 0.3 is 0 Å². The second kappa shape index (κ2) is 5.41. The lowest BCUT2D eigenvalue weighted by molar-refractivity contribution is -0.00671. The molecule has 100 valence electrons. The summed E-state index contributed by atoms with van der Waals surface area (Å²) in [7, 11) is 0. The summed E-state index contributed by atoms with van der Waals surface area (Å²) in [5.41, 5.74) is 1.55. The first-order valence-corrected chi connectivity index (χ1v) is 6.95. The van der Waals surface area contributed by atoms with Crippen LogP contribution < -0.4 is 0 Å². The Labute approximate surface area is 111 Å². The molecule has 2 unspecified atom stereocenters. The first kappa shape index (κ1) is 13.6. The van der Waals surface area contributed by atoms with Gasteiger partial charge in [0.1, 0.15) is 0 Å². The van der Waals surface area contributed by atoms with Gasteiger partial charge in [-0.25, -0.2) is 0 Å². The summed E-state index contributed by atoms with van der Waals surface area (Å²) in [6, 6.07) is 11.1. The quantitative estimate of drug-likeness (QED) is 0.868. The lowest BCUT2D eigenvalue weighted by Crippen LogP contribution is -2.54. The molecular weight excluding hydrogens is 222 g/mol. The van der Waals surface area contributed by atoms with Crippen molar-refractivity contribution in [3.63, 3.8) is 0 Å². The molecule has 0 saturated carbocycles. The minimum absolute atomic E-state index is 0.127. The van der Waals surface area contributed by atoms with Crippen molar-refractivity contribution in [1.29, 1.82) is 0 Å². The minimum Gasteiger partial charge on any atom is -0.393 e. The van der Waals surface area contributed by atoms with Gasteiger partial charge in [0.05, 0.1) is 6.10 Å². The van der Waals surface area contributed by atoms with E-state index in [9.17, 15) is 5.11 Å². The van der Waals surface area contributed by atoms with Crippen molar-refractivity contribution in [2.24, 2.45) is 0 Å². The zero-order valence-electron chi connectivity index (χ0n) is 11.8. The van der Waals surface area contributed by atoms with Gasteiger partial charge in [-0.1, -0.05) is 30.3 Å². The Morgan fingerprint density at radius 2 is 1.89 bits per heavy atom. The molecule has 1 saturated heterocycles. The standard InChI is InChI=1S/C16H25NO/c1-16(2,3)17-10-9-15(18)12-14(17)11-13-7-5-4-6-8-13/h4-8,14-15,18H,9-12H2,1-3H3. The molecule has 2 nitrogen and oxygen atoms in total. The maximum atomic E-state index is 9.91. The molecule has 1 aliphatic heterocycles. The smallest absolute Gasteiger partial charge is 0.0567 e. The Morgan fingerprint density at radius 3 is 2.50 bits per heavy atom. The van der Waals surface area contributed by atoms with Crippen LogP contribution in [0.2, 0.25) is 0 Å². The van der Waals surface area contributed by atoms with Crippen LogP contribution >= 0.6 is 0 Å². The summed E-state index contributed by atoms with van der Waals surface area (Å²) < 4.78 is 0. The Bertz CT molecular complexity index is 368. The monoisotopic (exact) mass is 247 g/mol. The van der Waals surface area contributed by atoms with E-state index < -0.39 is 0 Å². The number of hydrogen-bond donors (Lipinski definition) is 1. The number of aliphatic hydroxyl groups is 1. The lowest BCUT2D eigenvalue weighted by Gasteiger charge is -2.46. The van der Waals surface area contributed by atoms with Gasteiger partial charge in [-0.15, -0.1) is 0 Å². The van der Waals surface area contributed by atoms with Crippen LogP contribution in [-0.4, -0.2) is 34.2 Å². The van der Waals surface area contributed by atoms with Gasteiger partial charge in [0.2, 0.25) is 0 Å². The third-order valence-corrected chi connectivity index (χ3v) is 3.86. The summed E-state index contributed by atoms with van der Waals surface area (Å²) in [4.78, 5) is 2.55. The zero-order chi connectivity index (χ0) is 13.2. The van der Waals surface area contributed by atoms with Gasteiger partial charge in [-0.05, 0) is 45.6 Å². The fourth-order valence-corrected chi connectivity index (χ4v) is 2.99. The number of aliphatic hydroxyl groups excluding tert-OH is 1. The highest BCUT2D eigenvalue weighted by Gasteiger charge is 2.33. The molecule has 1 aromatic rings. The first-order chi connectivity index (χ1) is 8.47. The van der Waals surface area contributed by atoms with E-state index in [1.807, 2.05) is 0 Å². The molecule has 2 rings (SSSR count). The van der Waals surface area contributed by atoms with Gasteiger partial charge in [0.25, 0.3) is 0 Å². The van der Waals surface area contributed by atoms with E-state index in [1.165, 1.54) is 5.56 Å². The van der Waals surface area contributed by atoms with Crippen LogP contribution in [0.3, 0.4) is 0 Å². The Morgan fingerprint density at radius 1 is 1.22 bits per heavy atom. The predicted octanol–water partition coefficient (Wildman–Crippen LogP) is 2.85. The molecule has 18 heavy (non-hydrogen) atoms. The van der Waals surface area contributed by atoms with Crippen molar-refractivity contribution in [3.8, 4) is 0 Å². The summed E-state index contributed by atoms with van der Waals surface area (Å²) in [6.45, 7) is 7.80. The van der Waals surface area contributed by atoms with Gasteiger partial charge in [-0.2, -0.15) is 0 Å². The van der Waals surface area contributed by atoms with Crippen LogP contribution in [0.15, 0.2) is 30.3 Å². The molecule has 0 aromatic heterocycles.